The summed E-state index contributed by atoms with van der Waals surface area (Å²) in [4.78, 5) is 0. The second-order valence-electron chi connectivity index (χ2n) is 6.50. The van der Waals surface area contributed by atoms with Crippen molar-refractivity contribution < 1.29 is 64.3 Å². The predicted octanol–water partition coefficient (Wildman–Crippen LogP) is 1.64. The molecule has 0 nitrogen and oxygen atoms in total. The van der Waals surface area contributed by atoms with Gasteiger partial charge in [-0.15, -0.1) is 0 Å². The van der Waals surface area contributed by atoms with Crippen LogP contribution in [0.5, 0.6) is 0 Å². The van der Waals surface area contributed by atoms with Crippen molar-refractivity contribution in [3.8, 4) is 0 Å². The first-order valence-corrected chi connectivity index (χ1v) is 6.47. The Balaban J connectivity index is 0.00000133. The number of benzene rings is 1. The molecule has 5 heteroatoms. The van der Waals surface area contributed by atoms with Gasteiger partial charge in [-0.3, -0.25) is 0 Å². The number of hydrogen-bond donors (Lipinski definition) is 0. The molecule has 0 aliphatic heterocycles. The molecule has 3 saturated carbocycles. The first kappa shape index (κ1) is 16.1. The summed E-state index contributed by atoms with van der Waals surface area (Å²) in [5, 5.41) is -1.29. The zero-order chi connectivity index (χ0) is 13.3. The molecule has 4 rings (SSSR count). The number of aryl methyl sites for hydroxylation is 3. The van der Waals surface area contributed by atoms with Crippen LogP contribution < -0.4 is 51.4 Å². The Hall–Kier alpha value is 0.711. The first-order valence-electron chi connectivity index (χ1n) is 6.47. The van der Waals surface area contributed by atoms with E-state index in [0.29, 0.717) is 19.3 Å². The minimum atomic E-state index is -4.66. The maximum absolute atomic E-state index is 12.9. The molecule has 98 valence electrons. The second-order valence-corrected chi connectivity index (χ2v) is 6.50. The van der Waals surface area contributed by atoms with E-state index in [2.05, 4.69) is 19.1 Å². The maximum atomic E-state index is 12.9. The third-order valence-corrected chi connectivity index (χ3v) is 5.18. The van der Waals surface area contributed by atoms with Crippen molar-refractivity contribution in [1.82, 2.24) is 0 Å². The predicted molar refractivity (Wildman–Crippen MR) is 68.0 cm³/mol. The van der Waals surface area contributed by atoms with Gasteiger partial charge in [0.15, 0.2) is 0 Å². The molecule has 0 atom stereocenters. The Morgan fingerprint density at radius 1 is 0.895 bits per heavy atom. The molecular formula is C14H17BF3K. The Morgan fingerprint density at radius 3 is 1.84 bits per heavy atom. The summed E-state index contributed by atoms with van der Waals surface area (Å²) >= 11 is 0. The molecule has 0 saturated heterocycles. The van der Waals surface area contributed by atoms with E-state index in [1.807, 2.05) is 13.8 Å². The molecule has 19 heavy (non-hydrogen) atoms. The van der Waals surface area contributed by atoms with Gasteiger partial charge in [0.2, 0.25) is 0 Å². The van der Waals surface area contributed by atoms with Crippen LogP contribution in [0.25, 0.3) is 0 Å². The van der Waals surface area contributed by atoms with Crippen LogP contribution in [0.2, 0.25) is 5.31 Å². The van der Waals surface area contributed by atoms with Crippen molar-refractivity contribution in [2.75, 3.05) is 0 Å². The van der Waals surface area contributed by atoms with Gasteiger partial charge in [0, 0.05) is 0 Å². The molecule has 3 fully saturated rings. The monoisotopic (exact) mass is 292 g/mol. The van der Waals surface area contributed by atoms with Crippen LogP contribution >= 0.6 is 0 Å². The second kappa shape index (κ2) is 4.60. The van der Waals surface area contributed by atoms with E-state index in [-0.39, 0.29) is 56.8 Å². The topological polar surface area (TPSA) is 0 Å². The maximum Gasteiger partial charge on any atom is 1.00 e. The van der Waals surface area contributed by atoms with Gasteiger partial charge in [-0.1, -0.05) is 36.7 Å². The Labute approximate surface area is 155 Å². The van der Waals surface area contributed by atoms with Gasteiger partial charge in [0.05, 0.1) is 0 Å². The van der Waals surface area contributed by atoms with Gasteiger partial charge >= 0.3 is 58.4 Å². The molecule has 1 aromatic rings. The van der Waals surface area contributed by atoms with Gasteiger partial charge in [0.25, 0.3) is 0 Å². The molecule has 0 spiro atoms. The van der Waals surface area contributed by atoms with E-state index in [1.165, 1.54) is 11.1 Å². The first-order chi connectivity index (χ1) is 8.19. The molecule has 3 aliphatic carbocycles. The number of rotatable bonds is 2. The van der Waals surface area contributed by atoms with Crippen molar-refractivity contribution >= 4 is 6.98 Å². The summed E-state index contributed by atoms with van der Waals surface area (Å²) in [6.45, 7) is 1.45. The fraction of sp³-hybridized carbons (Fsp3) is 0.571. The van der Waals surface area contributed by atoms with Gasteiger partial charge in [-0.25, -0.2) is 0 Å². The molecule has 0 amide bonds. The van der Waals surface area contributed by atoms with Crippen LogP contribution in [-0.2, 0) is 5.41 Å². The van der Waals surface area contributed by atoms with Crippen molar-refractivity contribution in [3.05, 3.63) is 34.4 Å². The Morgan fingerprint density at radius 2 is 1.37 bits per heavy atom. The zero-order valence-electron chi connectivity index (χ0n) is 12.0. The smallest absolute Gasteiger partial charge is 0.449 e. The van der Waals surface area contributed by atoms with Crippen LogP contribution in [0.15, 0.2) is 12.1 Å². The average molecular weight is 292 g/mol. The molecule has 0 unspecified atom stereocenters. The van der Waals surface area contributed by atoms with E-state index in [0.717, 1.165) is 11.1 Å². The molecule has 0 aromatic heterocycles. The van der Waals surface area contributed by atoms with Crippen LogP contribution in [0, 0.1) is 20.8 Å². The molecule has 3 aliphatic rings. The van der Waals surface area contributed by atoms with E-state index in [4.69, 9.17) is 0 Å². The largest absolute Gasteiger partial charge is 1.00 e. The molecular weight excluding hydrogens is 275 g/mol. The average Bonchev–Trinajstić information content (AvgIpc) is 2.06. The molecule has 2 bridgehead atoms. The third-order valence-electron chi connectivity index (χ3n) is 5.18. The van der Waals surface area contributed by atoms with Crippen LogP contribution in [0.4, 0.5) is 12.9 Å². The summed E-state index contributed by atoms with van der Waals surface area (Å²) in [6, 6.07) is 4.22. The normalized spacial score (nSPS) is 32.1. The molecule has 0 N–H and O–H groups in total. The van der Waals surface area contributed by atoms with Crippen LogP contribution in [0.1, 0.15) is 41.5 Å². The van der Waals surface area contributed by atoms with Crippen LogP contribution in [0.3, 0.4) is 0 Å². The van der Waals surface area contributed by atoms with Crippen molar-refractivity contribution in [1.29, 1.82) is 0 Å². The quantitative estimate of drug-likeness (QED) is 0.727. The van der Waals surface area contributed by atoms with E-state index in [9.17, 15) is 12.9 Å². The number of hydrogen-bond acceptors (Lipinski definition) is 0. The van der Waals surface area contributed by atoms with Crippen molar-refractivity contribution in [2.45, 2.75) is 50.8 Å². The summed E-state index contributed by atoms with van der Waals surface area (Å²) in [6.07, 6.45) is 0.979. The summed E-state index contributed by atoms with van der Waals surface area (Å²) in [7, 11) is 0. The summed E-state index contributed by atoms with van der Waals surface area (Å²) in [5.74, 6) is 0. The third kappa shape index (κ3) is 2.11. The minimum Gasteiger partial charge on any atom is -0.449 e. The Kier molecular flexibility index (Phi) is 3.90. The minimum absolute atomic E-state index is 0. The van der Waals surface area contributed by atoms with Gasteiger partial charge < -0.3 is 12.9 Å². The fourth-order valence-corrected chi connectivity index (χ4v) is 4.03. The molecule has 0 heterocycles. The zero-order valence-corrected chi connectivity index (χ0v) is 15.1. The Bertz CT molecular complexity index is 516. The number of halogens is 3. The standard InChI is InChI=1S/C14H17BF3.K/c1-9-4-11(3)12(5-10(9)2)13-6-14(7-13,8-13)15(16,17)18;/h4-5H,6-8H2,1-3H3;/q-1;+1. The van der Waals surface area contributed by atoms with Gasteiger partial charge in [-0.05, 0) is 48.4 Å². The van der Waals surface area contributed by atoms with Crippen molar-refractivity contribution in [2.24, 2.45) is 0 Å². The van der Waals surface area contributed by atoms with E-state index >= 15 is 0 Å². The summed E-state index contributed by atoms with van der Waals surface area (Å²) < 4.78 is 38.7. The summed E-state index contributed by atoms with van der Waals surface area (Å²) in [5.41, 5.74) is 4.57. The van der Waals surface area contributed by atoms with Crippen molar-refractivity contribution in [3.63, 3.8) is 0 Å². The molecule has 0 radical (unpaired) electrons. The molecule has 1 aromatic carbocycles. The SMILES string of the molecule is Cc1cc(C)c(C23CC([B-](F)(F)F)(C2)C3)cc1C.[K+]. The van der Waals surface area contributed by atoms with Gasteiger partial charge in [0.1, 0.15) is 0 Å². The fourth-order valence-electron chi connectivity index (χ4n) is 4.03. The van der Waals surface area contributed by atoms with Crippen LogP contribution in [-0.4, -0.2) is 6.98 Å². The van der Waals surface area contributed by atoms with E-state index < -0.39 is 12.3 Å². The van der Waals surface area contributed by atoms with E-state index in [1.54, 1.807) is 0 Å². The van der Waals surface area contributed by atoms with Gasteiger partial charge in [-0.2, -0.15) is 0 Å².